The zero-order chi connectivity index (χ0) is 13.7. The van der Waals surface area contributed by atoms with E-state index >= 15 is 0 Å². The highest BCUT2D eigenvalue weighted by Gasteiger charge is 2.10. The molecular formula is C12H11N5O2. The largest absolute Gasteiger partial charge is 0.354 e. The summed E-state index contributed by atoms with van der Waals surface area (Å²) in [5.74, 6) is -0.600. The van der Waals surface area contributed by atoms with E-state index in [0.29, 0.717) is 5.71 Å². The van der Waals surface area contributed by atoms with Gasteiger partial charge in [0.15, 0.2) is 0 Å². The van der Waals surface area contributed by atoms with Gasteiger partial charge in [-0.25, -0.2) is 5.06 Å². The lowest BCUT2D eigenvalue weighted by atomic mass is 10.1. The summed E-state index contributed by atoms with van der Waals surface area (Å²) in [6, 6.07) is 0. The zero-order valence-corrected chi connectivity index (χ0v) is 9.82. The SMILES string of the molecule is N=C1C=CC(=CN=NC(=O)C2=CN(O)C=CN2)C=C1. The summed E-state index contributed by atoms with van der Waals surface area (Å²) in [7, 11) is 0. The molecule has 96 valence electrons. The maximum absolute atomic E-state index is 11.6. The molecule has 0 radical (unpaired) electrons. The predicted octanol–water partition coefficient (Wildman–Crippen LogP) is 1.60. The van der Waals surface area contributed by atoms with Crippen LogP contribution in [0.1, 0.15) is 0 Å². The number of azo groups is 1. The molecule has 1 aliphatic heterocycles. The van der Waals surface area contributed by atoms with Crippen molar-refractivity contribution in [3.8, 4) is 0 Å². The lowest BCUT2D eigenvalue weighted by Gasteiger charge is -2.13. The van der Waals surface area contributed by atoms with Crippen LogP contribution < -0.4 is 5.32 Å². The molecule has 2 aliphatic rings. The first-order valence-corrected chi connectivity index (χ1v) is 5.37. The van der Waals surface area contributed by atoms with Gasteiger partial charge in [0.2, 0.25) is 0 Å². The molecule has 0 aromatic heterocycles. The van der Waals surface area contributed by atoms with Crippen molar-refractivity contribution in [1.29, 1.82) is 5.41 Å². The maximum Gasteiger partial charge on any atom is 0.313 e. The molecule has 0 bridgehead atoms. The van der Waals surface area contributed by atoms with E-state index < -0.39 is 5.91 Å². The third kappa shape index (κ3) is 3.58. The number of carbonyl (C=O) groups excluding carboxylic acids is 1. The molecule has 3 N–H and O–H groups in total. The average Bonchev–Trinajstić information content (AvgIpc) is 2.41. The Labute approximate surface area is 109 Å². The molecule has 1 heterocycles. The Hall–Kier alpha value is -2.80. The number of rotatable bonds is 2. The number of hydroxylamine groups is 2. The van der Waals surface area contributed by atoms with Crippen molar-refractivity contribution in [3.63, 3.8) is 0 Å². The van der Waals surface area contributed by atoms with E-state index in [-0.39, 0.29) is 5.70 Å². The minimum absolute atomic E-state index is 0.114. The van der Waals surface area contributed by atoms with Crippen molar-refractivity contribution in [2.45, 2.75) is 0 Å². The van der Waals surface area contributed by atoms with Gasteiger partial charge in [0.05, 0.1) is 18.1 Å². The number of nitrogens with one attached hydrogen (secondary N) is 2. The molecular weight excluding hydrogens is 246 g/mol. The van der Waals surface area contributed by atoms with Gasteiger partial charge in [-0.05, 0) is 17.7 Å². The second-order valence-corrected chi connectivity index (χ2v) is 3.65. The highest BCUT2D eigenvalue weighted by atomic mass is 16.5. The molecule has 0 saturated heterocycles. The first-order chi connectivity index (χ1) is 9.15. The van der Waals surface area contributed by atoms with Crippen LogP contribution in [0, 0.1) is 5.41 Å². The van der Waals surface area contributed by atoms with Crippen LogP contribution in [0.3, 0.4) is 0 Å². The molecule has 0 spiro atoms. The Kier molecular flexibility index (Phi) is 3.79. The third-order valence-corrected chi connectivity index (χ3v) is 2.22. The Morgan fingerprint density at radius 3 is 2.79 bits per heavy atom. The van der Waals surface area contributed by atoms with Gasteiger partial charge in [0.25, 0.3) is 0 Å². The first kappa shape index (κ1) is 12.7. The smallest absolute Gasteiger partial charge is 0.313 e. The monoisotopic (exact) mass is 257 g/mol. The molecule has 2 rings (SSSR count). The van der Waals surface area contributed by atoms with E-state index in [1.165, 1.54) is 24.8 Å². The van der Waals surface area contributed by atoms with Crippen LogP contribution in [0.15, 0.2) is 70.6 Å². The minimum Gasteiger partial charge on any atom is -0.354 e. The van der Waals surface area contributed by atoms with Gasteiger partial charge in [-0.1, -0.05) is 12.2 Å². The topological polar surface area (TPSA) is 101 Å². The second-order valence-electron chi connectivity index (χ2n) is 3.65. The summed E-state index contributed by atoms with van der Waals surface area (Å²) in [4.78, 5) is 11.6. The highest BCUT2D eigenvalue weighted by molar-refractivity contribution is 6.03. The lowest BCUT2D eigenvalue weighted by Crippen LogP contribution is -2.22. The fraction of sp³-hybridized carbons (Fsp3) is 0. The van der Waals surface area contributed by atoms with Crippen molar-refractivity contribution in [3.05, 3.63) is 60.4 Å². The van der Waals surface area contributed by atoms with E-state index in [2.05, 4.69) is 15.5 Å². The fourth-order valence-electron chi connectivity index (χ4n) is 1.30. The van der Waals surface area contributed by atoms with Crippen LogP contribution in [0.5, 0.6) is 0 Å². The van der Waals surface area contributed by atoms with Gasteiger partial charge in [-0.2, -0.15) is 5.11 Å². The number of carbonyl (C=O) groups is 1. The summed E-state index contributed by atoms with van der Waals surface area (Å²) < 4.78 is 0. The Morgan fingerprint density at radius 1 is 1.37 bits per heavy atom. The molecule has 19 heavy (non-hydrogen) atoms. The fourth-order valence-corrected chi connectivity index (χ4v) is 1.30. The molecule has 0 aromatic carbocycles. The molecule has 7 nitrogen and oxygen atoms in total. The zero-order valence-electron chi connectivity index (χ0n) is 9.82. The van der Waals surface area contributed by atoms with E-state index in [1.807, 2.05) is 0 Å². The van der Waals surface area contributed by atoms with Gasteiger partial charge in [-0.15, -0.1) is 5.11 Å². The van der Waals surface area contributed by atoms with E-state index in [9.17, 15) is 4.79 Å². The quantitative estimate of drug-likeness (QED) is 0.654. The maximum atomic E-state index is 11.6. The Morgan fingerprint density at radius 2 is 2.11 bits per heavy atom. The predicted molar refractivity (Wildman–Crippen MR) is 67.9 cm³/mol. The molecule has 0 saturated carbocycles. The number of hydrogen-bond donors (Lipinski definition) is 3. The average molecular weight is 257 g/mol. The summed E-state index contributed by atoms with van der Waals surface area (Å²) in [5.41, 5.74) is 1.25. The van der Waals surface area contributed by atoms with Gasteiger partial charge in [-0.3, -0.25) is 10.0 Å². The molecule has 0 atom stereocenters. The second kappa shape index (κ2) is 5.69. The summed E-state index contributed by atoms with van der Waals surface area (Å²) in [5, 5.41) is 27.0. The summed E-state index contributed by atoms with van der Waals surface area (Å²) in [6.07, 6.45) is 12.0. The molecule has 1 amide bonds. The molecule has 0 fully saturated rings. The van der Waals surface area contributed by atoms with E-state index in [1.54, 1.807) is 24.3 Å². The van der Waals surface area contributed by atoms with Gasteiger partial charge >= 0.3 is 5.91 Å². The van der Waals surface area contributed by atoms with Gasteiger partial charge in [0.1, 0.15) is 5.70 Å². The van der Waals surface area contributed by atoms with E-state index in [4.69, 9.17) is 10.6 Å². The summed E-state index contributed by atoms with van der Waals surface area (Å²) in [6.45, 7) is 0. The molecule has 1 aliphatic carbocycles. The number of allylic oxidation sites excluding steroid dienone is 5. The third-order valence-electron chi connectivity index (χ3n) is 2.22. The van der Waals surface area contributed by atoms with Crippen molar-refractivity contribution < 1.29 is 10.0 Å². The molecule has 7 heteroatoms. The van der Waals surface area contributed by atoms with Crippen LogP contribution >= 0.6 is 0 Å². The van der Waals surface area contributed by atoms with Crippen LogP contribution in [0.4, 0.5) is 0 Å². The lowest BCUT2D eigenvalue weighted by molar-refractivity contribution is -0.115. The van der Waals surface area contributed by atoms with Crippen molar-refractivity contribution in [1.82, 2.24) is 10.4 Å². The van der Waals surface area contributed by atoms with Crippen molar-refractivity contribution in [2.75, 3.05) is 0 Å². The Bertz CT molecular complexity index is 563. The van der Waals surface area contributed by atoms with Gasteiger partial charge < -0.3 is 10.7 Å². The van der Waals surface area contributed by atoms with Crippen LogP contribution in [-0.2, 0) is 4.79 Å². The number of hydrogen-bond acceptors (Lipinski definition) is 6. The van der Waals surface area contributed by atoms with Gasteiger partial charge in [0, 0.05) is 12.4 Å². The summed E-state index contributed by atoms with van der Waals surface area (Å²) >= 11 is 0. The molecule has 0 unspecified atom stereocenters. The minimum atomic E-state index is -0.600. The standard InChI is InChI=1S/C12H11N5O2/c13-10-3-1-9(2-4-10)7-15-16-12(18)11-8-17(19)6-5-14-11/h1-8,13-14,19H. The Balaban J connectivity index is 1.98. The van der Waals surface area contributed by atoms with Crippen LogP contribution in [0.2, 0.25) is 0 Å². The first-order valence-electron chi connectivity index (χ1n) is 5.37. The van der Waals surface area contributed by atoms with E-state index in [0.717, 1.165) is 10.6 Å². The normalized spacial score (nSPS) is 17.7. The van der Waals surface area contributed by atoms with Crippen LogP contribution in [0.25, 0.3) is 0 Å². The van der Waals surface area contributed by atoms with Crippen LogP contribution in [-0.4, -0.2) is 21.9 Å². The number of amides is 1. The molecule has 0 aromatic rings. The van der Waals surface area contributed by atoms with Crippen molar-refractivity contribution >= 4 is 11.6 Å². The highest BCUT2D eigenvalue weighted by Crippen LogP contribution is 2.07. The van der Waals surface area contributed by atoms with Crippen molar-refractivity contribution in [2.24, 2.45) is 10.2 Å². The number of nitrogens with zero attached hydrogens (tertiary/aromatic N) is 3.